The number of rotatable bonds is 3. The minimum Gasteiger partial charge on any atom is -0.493 e. The summed E-state index contributed by atoms with van der Waals surface area (Å²) in [7, 11) is -2.08. The van der Waals surface area contributed by atoms with E-state index in [0.29, 0.717) is 12.1 Å². The lowest BCUT2D eigenvalue weighted by atomic mass is 9.85. The first-order valence-electron chi connectivity index (χ1n) is 11.6. The van der Waals surface area contributed by atoms with Crippen LogP contribution in [0.1, 0.15) is 50.6 Å². The molecule has 34 heavy (non-hydrogen) atoms. The normalized spacial score (nSPS) is 30.4. The van der Waals surface area contributed by atoms with E-state index < -0.39 is 34.0 Å². The number of aromatic nitrogens is 1. The number of hydrogen-bond donors (Lipinski definition) is 1. The molecule has 12 heteroatoms. The van der Waals surface area contributed by atoms with E-state index in [1.54, 1.807) is 6.07 Å². The maximum atomic E-state index is 14.7. The summed E-state index contributed by atoms with van der Waals surface area (Å²) in [6, 6.07) is 0.376. The van der Waals surface area contributed by atoms with Gasteiger partial charge in [-0.25, -0.2) is 22.9 Å². The van der Waals surface area contributed by atoms with E-state index in [9.17, 15) is 17.6 Å². The van der Waals surface area contributed by atoms with Gasteiger partial charge in [0.15, 0.2) is 5.75 Å². The van der Waals surface area contributed by atoms with Gasteiger partial charge in [0.05, 0.1) is 37.8 Å². The molecule has 4 bridgehead atoms. The van der Waals surface area contributed by atoms with Gasteiger partial charge in [0, 0.05) is 24.1 Å². The van der Waals surface area contributed by atoms with E-state index in [4.69, 9.17) is 18.9 Å². The SMILES string of the molecule is COc1cc2nc(c1F)OCCOC(=O)N1C(C)C[C@H](NS(C)(=O)=O)C1COC1CCC2CC1. The number of amides is 1. The number of halogens is 1. The predicted molar refractivity (Wildman–Crippen MR) is 120 cm³/mol. The van der Waals surface area contributed by atoms with Crippen LogP contribution in [0.25, 0.3) is 0 Å². The number of pyridine rings is 1. The van der Waals surface area contributed by atoms with Crippen molar-refractivity contribution in [2.75, 3.05) is 33.2 Å². The lowest BCUT2D eigenvalue weighted by Gasteiger charge is -2.33. The molecule has 1 amide bonds. The molecule has 2 fully saturated rings. The first kappa shape index (κ1) is 24.9. The summed E-state index contributed by atoms with van der Waals surface area (Å²) in [5, 5.41) is 0. The average Bonchev–Trinajstić information content (AvgIpc) is 3.08. The van der Waals surface area contributed by atoms with Gasteiger partial charge in [0.25, 0.3) is 5.88 Å². The Morgan fingerprint density at radius 1 is 1.21 bits per heavy atom. The smallest absolute Gasteiger partial charge is 0.410 e. The van der Waals surface area contributed by atoms with Gasteiger partial charge >= 0.3 is 6.09 Å². The van der Waals surface area contributed by atoms with Gasteiger partial charge in [0.2, 0.25) is 15.8 Å². The quantitative estimate of drug-likeness (QED) is 0.670. The number of fused-ring (bicyclic) bond motifs is 7. The Bertz CT molecular complexity index is 1000. The Labute approximate surface area is 199 Å². The minimum atomic E-state index is -3.47. The molecule has 190 valence electrons. The number of sulfonamides is 1. The topological polar surface area (TPSA) is 116 Å². The molecule has 1 saturated carbocycles. The first-order chi connectivity index (χ1) is 16.2. The van der Waals surface area contributed by atoms with Crippen molar-refractivity contribution in [3.63, 3.8) is 0 Å². The van der Waals surface area contributed by atoms with Crippen molar-refractivity contribution >= 4 is 16.1 Å². The Morgan fingerprint density at radius 2 is 1.91 bits per heavy atom. The Hall–Kier alpha value is -2.18. The molecule has 1 N–H and O–H groups in total. The number of carbonyl (C=O) groups is 1. The standard InChI is InChI=1S/C22H32FN3O7S/c1-13-10-17(25-34(3,28)29)18-12-33-15-6-4-14(5-7-15)16-11-19(30-2)20(23)21(24-16)31-8-9-32-22(27)26(13)18/h11,13-15,17-18,25H,4-10,12H2,1-3H3/t13?,14?,15?,17-,18?/m0/s1. The van der Waals surface area contributed by atoms with Gasteiger partial charge in [0.1, 0.15) is 13.2 Å². The van der Waals surface area contributed by atoms with E-state index in [2.05, 4.69) is 9.71 Å². The summed E-state index contributed by atoms with van der Waals surface area (Å²) >= 11 is 0. The van der Waals surface area contributed by atoms with Gasteiger partial charge in [-0.15, -0.1) is 0 Å². The fraction of sp³-hybridized carbons (Fsp3) is 0.727. The fourth-order valence-corrected chi connectivity index (χ4v) is 5.93. The minimum absolute atomic E-state index is 0.0325. The molecule has 1 aliphatic carbocycles. The van der Waals surface area contributed by atoms with Crippen LogP contribution in [0.4, 0.5) is 9.18 Å². The maximum absolute atomic E-state index is 14.7. The van der Waals surface area contributed by atoms with Crippen LogP contribution in [0.15, 0.2) is 6.07 Å². The molecule has 4 aliphatic rings. The third-order valence-corrected chi connectivity index (χ3v) is 7.48. The Kier molecular flexibility index (Phi) is 7.48. The van der Waals surface area contributed by atoms with E-state index in [0.717, 1.165) is 31.9 Å². The maximum Gasteiger partial charge on any atom is 0.410 e. The monoisotopic (exact) mass is 501 g/mol. The fourth-order valence-electron chi connectivity index (χ4n) is 5.13. The van der Waals surface area contributed by atoms with Crippen molar-refractivity contribution < 1.29 is 36.6 Å². The van der Waals surface area contributed by atoms with Gasteiger partial charge in [-0.3, -0.25) is 4.90 Å². The zero-order chi connectivity index (χ0) is 24.5. The van der Waals surface area contributed by atoms with Crippen LogP contribution in [0.2, 0.25) is 0 Å². The summed E-state index contributed by atoms with van der Waals surface area (Å²) in [5.74, 6) is -0.695. The molecule has 4 heterocycles. The second-order valence-corrected chi connectivity index (χ2v) is 11.0. The summed E-state index contributed by atoms with van der Waals surface area (Å²) in [4.78, 5) is 18.8. The van der Waals surface area contributed by atoms with Gasteiger partial charge in [-0.05, 0) is 39.0 Å². The highest BCUT2D eigenvalue weighted by atomic mass is 32.2. The van der Waals surface area contributed by atoms with E-state index in [1.807, 2.05) is 6.92 Å². The Morgan fingerprint density at radius 3 is 2.59 bits per heavy atom. The van der Waals surface area contributed by atoms with Gasteiger partial charge in [-0.2, -0.15) is 4.39 Å². The van der Waals surface area contributed by atoms with Crippen molar-refractivity contribution in [2.45, 2.75) is 69.2 Å². The molecule has 0 spiro atoms. The molecule has 1 saturated heterocycles. The predicted octanol–water partition coefficient (Wildman–Crippen LogP) is 2.18. The molecule has 1 aromatic heterocycles. The zero-order valence-electron chi connectivity index (χ0n) is 19.7. The molecule has 3 atom stereocenters. The van der Waals surface area contributed by atoms with E-state index in [-0.39, 0.29) is 49.5 Å². The van der Waals surface area contributed by atoms with Crippen molar-refractivity contribution in [1.29, 1.82) is 0 Å². The molecule has 2 unspecified atom stereocenters. The third kappa shape index (κ3) is 5.55. The van der Waals surface area contributed by atoms with Crippen LogP contribution in [0.3, 0.4) is 0 Å². The van der Waals surface area contributed by atoms with Crippen molar-refractivity contribution in [3.05, 3.63) is 17.6 Å². The molecule has 0 radical (unpaired) electrons. The number of carbonyl (C=O) groups excluding carboxylic acids is 1. The molecule has 10 nitrogen and oxygen atoms in total. The second-order valence-electron chi connectivity index (χ2n) is 9.19. The van der Waals surface area contributed by atoms with Gasteiger partial charge < -0.3 is 18.9 Å². The Balaban J connectivity index is 1.58. The van der Waals surface area contributed by atoms with Crippen molar-refractivity contribution in [3.8, 4) is 11.6 Å². The molecule has 0 aromatic carbocycles. The van der Waals surface area contributed by atoms with Crippen LogP contribution >= 0.6 is 0 Å². The lowest BCUT2D eigenvalue weighted by molar-refractivity contribution is -0.0119. The number of nitrogens with zero attached hydrogens (tertiary/aromatic N) is 2. The lowest BCUT2D eigenvalue weighted by Crippen LogP contribution is -2.50. The summed E-state index contributed by atoms with van der Waals surface area (Å²) in [6.07, 6.45) is 4.03. The van der Waals surface area contributed by atoms with E-state index in [1.165, 1.54) is 12.0 Å². The largest absolute Gasteiger partial charge is 0.493 e. The average molecular weight is 502 g/mol. The number of methoxy groups -OCH3 is 1. The van der Waals surface area contributed by atoms with Crippen molar-refractivity contribution in [1.82, 2.24) is 14.6 Å². The molecular weight excluding hydrogens is 469 g/mol. The van der Waals surface area contributed by atoms with Crippen LogP contribution in [0.5, 0.6) is 11.6 Å². The van der Waals surface area contributed by atoms with E-state index >= 15 is 0 Å². The molecule has 5 rings (SSSR count). The number of hydrogen-bond acceptors (Lipinski definition) is 8. The second kappa shape index (κ2) is 10.2. The first-order valence-corrected chi connectivity index (χ1v) is 13.5. The summed E-state index contributed by atoms with van der Waals surface area (Å²) < 4.78 is 63.4. The third-order valence-electron chi connectivity index (χ3n) is 6.74. The zero-order valence-corrected chi connectivity index (χ0v) is 20.5. The molecular formula is C22H32FN3O7S. The van der Waals surface area contributed by atoms with Gasteiger partial charge in [-0.1, -0.05) is 0 Å². The highest BCUT2D eigenvalue weighted by molar-refractivity contribution is 7.88. The van der Waals surface area contributed by atoms with Crippen LogP contribution in [-0.4, -0.2) is 81.8 Å². The highest BCUT2D eigenvalue weighted by Gasteiger charge is 2.44. The summed E-state index contributed by atoms with van der Waals surface area (Å²) in [5.41, 5.74) is 0.698. The van der Waals surface area contributed by atoms with Crippen LogP contribution in [0, 0.1) is 5.82 Å². The van der Waals surface area contributed by atoms with Crippen LogP contribution < -0.4 is 14.2 Å². The highest BCUT2D eigenvalue weighted by Crippen LogP contribution is 2.37. The number of ether oxygens (including phenoxy) is 4. The van der Waals surface area contributed by atoms with Crippen molar-refractivity contribution in [2.24, 2.45) is 0 Å². The summed E-state index contributed by atoms with van der Waals surface area (Å²) in [6.45, 7) is 1.82. The molecule has 1 aromatic rings. The van der Waals surface area contributed by atoms with Crippen LogP contribution in [-0.2, 0) is 19.5 Å². The number of nitrogens with one attached hydrogen (secondary N) is 1. The molecule has 3 aliphatic heterocycles.